The Hall–Kier alpha value is -0.510. The van der Waals surface area contributed by atoms with Crippen LogP contribution in [0.15, 0.2) is 29.2 Å². The molecule has 1 radical (unpaired) electrons. The number of hydrogen-bond acceptors (Lipinski definition) is 2. The number of thioether (sulfide) groups is 1. The molecule has 57 valence electrons. The summed E-state index contributed by atoms with van der Waals surface area (Å²) in [6.45, 7) is 0.573. The summed E-state index contributed by atoms with van der Waals surface area (Å²) in [6, 6.07) is 8.02. The van der Waals surface area contributed by atoms with E-state index in [1.807, 2.05) is 24.3 Å². The monoisotopic (exact) mass is 166 g/mol. The Balaban J connectivity index is 2.34. The van der Waals surface area contributed by atoms with Crippen molar-refractivity contribution in [3.05, 3.63) is 40.9 Å². The van der Waals surface area contributed by atoms with E-state index in [1.54, 1.807) is 5.88 Å². The molecule has 0 amide bonds. The molecule has 0 aliphatic carbocycles. The van der Waals surface area contributed by atoms with Crippen LogP contribution >= 0.6 is 11.8 Å². The smallest absolute Gasteiger partial charge is 0.202 e. The average molecular weight is 166 g/mol. The van der Waals surface area contributed by atoms with Crippen molar-refractivity contribution in [3.8, 4) is 0 Å². The predicted molar refractivity (Wildman–Crippen MR) is 44.6 cm³/mol. The van der Waals surface area contributed by atoms with Crippen LogP contribution in [0.3, 0.4) is 0 Å². The summed E-state index contributed by atoms with van der Waals surface area (Å²) in [7, 11) is 0. The largest absolute Gasteiger partial charge is 0.633 e. The van der Waals surface area contributed by atoms with Gasteiger partial charge in [-0.05, 0) is 6.07 Å². The van der Waals surface area contributed by atoms with Crippen molar-refractivity contribution in [1.29, 1.82) is 0 Å². The number of benzene rings is 1. The first-order valence-corrected chi connectivity index (χ1v) is 4.35. The molecule has 1 aromatic rings. The van der Waals surface area contributed by atoms with E-state index in [0.717, 1.165) is 5.56 Å². The number of hydroxylamine groups is 2. The molecule has 2 nitrogen and oxygen atoms in total. The van der Waals surface area contributed by atoms with Crippen molar-refractivity contribution >= 4 is 11.8 Å². The third-order valence-electron chi connectivity index (χ3n) is 1.65. The number of hydrogen-bond donors (Lipinski definition) is 1. The standard InChI is InChI=1S/C8H8NOS/c10-9-5-7-3-1-2-4-8(7)11-6-9/h1-4,6,9H,5H2. The Morgan fingerprint density at radius 1 is 1.36 bits per heavy atom. The first-order valence-electron chi connectivity index (χ1n) is 3.47. The fraction of sp³-hybridized carbons (Fsp3) is 0.125. The van der Waals surface area contributed by atoms with E-state index in [-0.39, 0.29) is 5.06 Å². The minimum atomic E-state index is 0.216. The number of fused-ring (bicyclic) bond motifs is 1. The summed E-state index contributed by atoms with van der Waals surface area (Å²) in [4.78, 5) is 1.21. The molecule has 1 aliphatic rings. The van der Waals surface area contributed by atoms with Crippen LogP contribution in [0.4, 0.5) is 0 Å². The van der Waals surface area contributed by atoms with Crippen LogP contribution in [0.1, 0.15) is 5.56 Å². The van der Waals surface area contributed by atoms with E-state index < -0.39 is 0 Å². The fourth-order valence-corrected chi connectivity index (χ4v) is 1.91. The Bertz CT molecular complexity index is 264. The van der Waals surface area contributed by atoms with E-state index in [1.165, 1.54) is 16.7 Å². The van der Waals surface area contributed by atoms with Crippen molar-refractivity contribution in [1.82, 2.24) is 0 Å². The minimum Gasteiger partial charge on any atom is -0.633 e. The summed E-state index contributed by atoms with van der Waals surface area (Å²) >= 11 is 1.52. The first-order chi connectivity index (χ1) is 5.36. The van der Waals surface area contributed by atoms with E-state index in [4.69, 9.17) is 0 Å². The van der Waals surface area contributed by atoms with Gasteiger partial charge in [0.05, 0.1) is 0 Å². The van der Waals surface area contributed by atoms with Crippen LogP contribution in [0.2, 0.25) is 0 Å². The lowest BCUT2D eigenvalue weighted by molar-refractivity contribution is -0.821. The van der Waals surface area contributed by atoms with Gasteiger partial charge in [0.15, 0.2) is 0 Å². The lowest BCUT2D eigenvalue weighted by atomic mass is 10.2. The van der Waals surface area contributed by atoms with E-state index in [9.17, 15) is 5.21 Å². The lowest BCUT2D eigenvalue weighted by Crippen LogP contribution is -3.03. The Morgan fingerprint density at radius 2 is 2.18 bits per heavy atom. The zero-order valence-corrected chi connectivity index (χ0v) is 6.73. The summed E-state index contributed by atoms with van der Waals surface area (Å²) in [5.41, 5.74) is 1.16. The van der Waals surface area contributed by atoms with Gasteiger partial charge in [0.25, 0.3) is 0 Å². The highest BCUT2D eigenvalue weighted by Crippen LogP contribution is 2.24. The molecular weight excluding hydrogens is 158 g/mol. The van der Waals surface area contributed by atoms with Crippen LogP contribution in [0.25, 0.3) is 0 Å². The van der Waals surface area contributed by atoms with Gasteiger partial charge in [-0.15, -0.1) is 0 Å². The van der Waals surface area contributed by atoms with E-state index >= 15 is 0 Å². The zero-order chi connectivity index (χ0) is 7.68. The molecule has 0 aromatic heterocycles. The molecule has 1 atom stereocenters. The maximum Gasteiger partial charge on any atom is 0.202 e. The van der Waals surface area contributed by atoms with Gasteiger partial charge in [0.1, 0.15) is 6.54 Å². The molecule has 0 saturated heterocycles. The molecule has 3 heteroatoms. The van der Waals surface area contributed by atoms with Gasteiger partial charge in [-0.25, -0.2) is 0 Å². The fourth-order valence-electron chi connectivity index (χ4n) is 1.12. The van der Waals surface area contributed by atoms with Gasteiger partial charge in [-0.3, -0.25) is 0 Å². The van der Waals surface area contributed by atoms with Gasteiger partial charge in [0, 0.05) is 10.5 Å². The number of nitrogens with one attached hydrogen (secondary N) is 1. The van der Waals surface area contributed by atoms with Gasteiger partial charge < -0.3 is 10.3 Å². The summed E-state index contributed by atoms with van der Waals surface area (Å²) < 4.78 is 0. The molecule has 1 aliphatic heterocycles. The highest BCUT2D eigenvalue weighted by molar-refractivity contribution is 8.01. The van der Waals surface area contributed by atoms with Crippen molar-refractivity contribution in [2.45, 2.75) is 11.4 Å². The molecular formula is C8H8NOS. The highest BCUT2D eigenvalue weighted by Gasteiger charge is 2.13. The summed E-state index contributed by atoms with van der Waals surface area (Å²) in [5.74, 6) is 1.68. The quantitative estimate of drug-likeness (QED) is 0.577. The number of rotatable bonds is 0. The lowest BCUT2D eigenvalue weighted by Gasteiger charge is -2.26. The maximum atomic E-state index is 10.9. The third kappa shape index (κ3) is 1.40. The number of quaternary nitrogens is 1. The molecule has 1 N–H and O–H groups in total. The zero-order valence-electron chi connectivity index (χ0n) is 5.91. The van der Waals surface area contributed by atoms with Crippen molar-refractivity contribution < 1.29 is 5.06 Å². The van der Waals surface area contributed by atoms with Crippen LogP contribution < -0.4 is 5.06 Å². The topological polar surface area (TPSA) is 27.5 Å². The molecule has 0 spiro atoms. The van der Waals surface area contributed by atoms with Gasteiger partial charge in [-0.1, -0.05) is 30.0 Å². The van der Waals surface area contributed by atoms with Gasteiger partial charge >= 0.3 is 0 Å². The molecule has 1 heterocycles. The Morgan fingerprint density at radius 3 is 3.09 bits per heavy atom. The van der Waals surface area contributed by atoms with E-state index in [2.05, 4.69) is 0 Å². The molecule has 0 bridgehead atoms. The second-order valence-corrected chi connectivity index (χ2v) is 3.40. The van der Waals surface area contributed by atoms with Crippen LogP contribution in [-0.4, -0.2) is 0 Å². The Labute approximate surface area is 69.8 Å². The second kappa shape index (κ2) is 2.85. The Kier molecular flexibility index (Phi) is 1.85. The van der Waals surface area contributed by atoms with E-state index in [0.29, 0.717) is 6.54 Å². The van der Waals surface area contributed by atoms with Crippen molar-refractivity contribution in [2.24, 2.45) is 0 Å². The molecule has 1 unspecified atom stereocenters. The van der Waals surface area contributed by atoms with Crippen LogP contribution in [0.5, 0.6) is 0 Å². The van der Waals surface area contributed by atoms with Crippen LogP contribution in [-0.2, 0) is 6.54 Å². The molecule has 11 heavy (non-hydrogen) atoms. The average Bonchev–Trinajstić information content (AvgIpc) is 2.04. The summed E-state index contributed by atoms with van der Waals surface area (Å²) in [5, 5.41) is 11.2. The normalized spacial score (nSPS) is 22.8. The maximum absolute atomic E-state index is 10.9. The first kappa shape index (κ1) is 7.16. The van der Waals surface area contributed by atoms with Gasteiger partial charge in [0.2, 0.25) is 5.88 Å². The summed E-state index contributed by atoms with van der Waals surface area (Å²) in [6.07, 6.45) is 0. The molecule has 1 aromatic carbocycles. The van der Waals surface area contributed by atoms with Crippen molar-refractivity contribution in [2.75, 3.05) is 0 Å². The van der Waals surface area contributed by atoms with Crippen LogP contribution in [0, 0.1) is 11.1 Å². The highest BCUT2D eigenvalue weighted by atomic mass is 32.2. The van der Waals surface area contributed by atoms with Crippen molar-refractivity contribution in [3.63, 3.8) is 0 Å². The molecule has 2 rings (SSSR count). The third-order valence-corrected chi connectivity index (χ3v) is 2.69. The SMILES string of the molecule is [O-][NH+]1[CH]Sc2ccccc2C1. The van der Waals surface area contributed by atoms with Gasteiger partial charge in [-0.2, -0.15) is 0 Å². The minimum absolute atomic E-state index is 0.216. The molecule has 0 saturated carbocycles. The molecule has 0 fully saturated rings. The predicted octanol–water partition coefficient (Wildman–Crippen LogP) is 0.794. The second-order valence-electron chi connectivity index (χ2n) is 2.49.